The lowest BCUT2D eigenvalue weighted by atomic mass is 10.1. The molecule has 1 unspecified atom stereocenters. The van der Waals surface area contributed by atoms with E-state index in [0.717, 1.165) is 0 Å². The van der Waals surface area contributed by atoms with Crippen LogP contribution in [0.2, 0.25) is 0 Å². The van der Waals surface area contributed by atoms with Crippen molar-refractivity contribution in [2.75, 3.05) is 6.61 Å². The zero-order valence-corrected chi connectivity index (χ0v) is 8.29. The molecule has 0 amide bonds. The van der Waals surface area contributed by atoms with E-state index >= 15 is 0 Å². The van der Waals surface area contributed by atoms with E-state index in [0.29, 0.717) is 0 Å². The van der Waals surface area contributed by atoms with Crippen molar-refractivity contribution in [3.05, 3.63) is 0 Å². The van der Waals surface area contributed by atoms with Crippen LogP contribution in [0.5, 0.6) is 0 Å². The van der Waals surface area contributed by atoms with Crippen molar-refractivity contribution in [1.82, 2.24) is 0 Å². The molecular weight excluding hydrogens is 156 g/mol. The Morgan fingerprint density at radius 3 is 1.92 bits per heavy atom. The fourth-order valence-corrected chi connectivity index (χ4v) is 0.508. The van der Waals surface area contributed by atoms with Crippen LogP contribution >= 0.6 is 0 Å². The van der Waals surface area contributed by atoms with Crippen molar-refractivity contribution in [2.45, 2.75) is 45.1 Å². The van der Waals surface area contributed by atoms with E-state index in [1.54, 1.807) is 13.8 Å². The predicted molar refractivity (Wildman–Crippen MR) is 48.5 cm³/mol. The normalized spacial score (nSPS) is 16.2. The van der Waals surface area contributed by atoms with Gasteiger partial charge in [0.25, 0.3) is 0 Å². The second-order valence-electron chi connectivity index (χ2n) is 4.47. The van der Waals surface area contributed by atoms with Gasteiger partial charge in [0, 0.05) is 5.54 Å². The molecule has 0 spiro atoms. The van der Waals surface area contributed by atoms with Gasteiger partial charge in [0.1, 0.15) is 0 Å². The molecule has 4 heteroatoms. The lowest BCUT2D eigenvalue weighted by Crippen LogP contribution is -2.49. The Morgan fingerprint density at radius 2 is 1.67 bits per heavy atom. The molecule has 12 heavy (non-hydrogen) atoms. The number of aliphatic hydroxyl groups excluding tert-OH is 1. The average molecular weight is 176 g/mol. The number of hydrogen-bond acceptors (Lipinski definition) is 4. The van der Waals surface area contributed by atoms with Gasteiger partial charge < -0.3 is 21.3 Å². The smallest absolute Gasteiger partial charge is 0.172 e. The molecule has 0 saturated carbocycles. The van der Waals surface area contributed by atoms with Gasteiger partial charge in [-0.25, -0.2) is 0 Å². The summed E-state index contributed by atoms with van der Waals surface area (Å²) in [6.07, 6.45) is -0.972. The minimum Gasteiger partial charge on any atom is -0.366 e. The maximum Gasteiger partial charge on any atom is 0.172 e. The summed E-state index contributed by atoms with van der Waals surface area (Å²) >= 11 is 0. The van der Waals surface area contributed by atoms with Crippen molar-refractivity contribution in [1.29, 1.82) is 0 Å². The fraction of sp³-hybridized carbons (Fsp3) is 1.00. The van der Waals surface area contributed by atoms with Crippen molar-refractivity contribution in [2.24, 2.45) is 11.5 Å². The lowest BCUT2D eigenvalue weighted by molar-refractivity contribution is -0.143. The summed E-state index contributed by atoms with van der Waals surface area (Å²) < 4.78 is 5.08. The van der Waals surface area contributed by atoms with Crippen LogP contribution < -0.4 is 11.5 Å². The highest BCUT2D eigenvalue weighted by Gasteiger charge is 2.25. The number of nitrogens with two attached hydrogens (primary N) is 2. The second kappa shape index (κ2) is 3.70. The molecule has 5 N–H and O–H groups in total. The van der Waals surface area contributed by atoms with Crippen LogP contribution in [0.3, 0.4) is 0 Å². The summed E-state index contributed by atoms with van der Waals surface area (Å²) in [6, 6.07) is 0. The van der Waals surface area contributed by atoms with E-state index in [2.05, 4.69) is 0 Å². The van der Waals surface area contributed by atoms with Gasteiger partial charge in [-0.1, -0.05) is 0 Å². The molecular formula is C8H20N2O2. The minimum absolute atomic E-state index is 0.287. The molecule has 0 saturated heterocycles. The SMILES string of the molecule is CC(C)(N)COC(O)C(C)(C)N. The standard InChI is InChI=1S/C8H20N2O2/c1-7(2,9)5-12-6(11)8(3,4)10/h6,11H,5,9-10H2,1-4H3. The Labute approximate surface area is 73.9 Å². The van der Waals surface area contributed by atoms with E-state index in [9.17, 15) is 5.11 Å². The third-order valence-electron chi connectivity index (χ3n) is 1.25. The highest BCUT2D eigenvalue weighted by Crippen LogP contribution is 2.08. The second-order valence-corrected chi connectivity index (χ2v) is 4.47. The monoisotopic (exact) mass is 176 g/mol. The van der Waals surface area contributed by atoms with Crippen LogP contribution in [0, 0.1) is 0 Å². The molecule has 0 aromatic rings. The first kappa shape index (κ1) is 11.8. The number of rotatable bonds is 4. The Bertz CT molecular complexity index is 135. The third kappa shape index (κ3) is 5.49. The van der Waals surface area contributed by atoms with Gasteiger partial charge in [0.15, 0.2) is 6.29 Å². The van der Waals surface area contributed by atoms with Crippen LogP contribution in [-0.4, -0.2) is 29.1 Å². The first-order valence-electron chi connectivity index (χ1n) is 4.00. The maximum atomic E-state index is 9.35. The third-order valence-corrected chi connectivity index (χ3v) is 1.25. The largest absolute Gasteiger partial charge is 0.366 e. The van der Waals surface area contributed by atoms with Gasteiger partial charge in [-0.05, 0) is 27.7 Å². The molecule has 0 fully saturated rings. The molecule has 0 bridgehead atoms. The summed E-state index contributed by atoms with van der Waals surface area (Å²) in [5.74, 6) is 0. The molecule has 0 rings (SSSR count). The molecule has 0 aliphatic carbocycles. The Hall–Kier alpha value is -0.160. The average Bonchev–Trinajstić information content (AvgIpc) is 1.78. The molecule has 0 aromatic carbocycles. The van der Waals surface area contributed by atoms with E-state index in [-0.39, 0.29) is 6.61 Å². The lowest BCUT2D eigenvalue weighted by Gasteiger charge is -2.28. The quantitative estimate of drug-likeness (QED) is 0.518. The van der Waals surface area contributed by atoms with Crippen LogP contribution in [0.25, 0.3) is 0 Å². The molecule has 0 radical (unpaired) electrons. The first-order chi connectivity index (χ1) is 5.13. The molecule has 0 heterocycles. The Balaban J connectivity index is 3.80. The van der Waals surface area contributed by atoms with E-state index in [1.807, 2.05) is 13.8 Å². The van der Waals surface area contributed by atoms with Gasteiger partial charge in [0.05, 0.1) is 12.1 Å². The molecule has 1 atom stereocenters. The van der Waals surface area contributed by atoms with E-state index in [1.165, 1.54) is 0 Å². The van der Waals surface area contributed by atoms with Crippen molar-refractivity contribution in [3.63, 3.8) is 0 Å². The first-order valence-corrected chi connectivity index (χ1v) is 4.00. The van der Waals surface area contributed by atoms with E-state index < -0.39 is 17.4 Å². The Morgan fingerprint density at radius 1 is 1.25 bits per heavy atom. The van der Waals surface area contributed by atoms with Crippen LogP contribution in [-0.2, 0) is 4.74 Å². The summed E-state index contributed by atoms with van der Waals surface area (Å²) in [7, 11) is 0. The van der Waals surface area contributed by atoms with Crippen LogP contribution in [0.1, 0.15) is 27.7 Å². The molecule has 0 aliphatic heterocycles. The van der Waals surface area contributed by atoms with Crippen LogP contribution in [0.4, 0.5) is 0 Å². The molecule has 0 aliphatic rings. The number of hydrogen-bond donors (Lipinski definition) is 3. The van der Waals surface area contributed by atoms with Crippen molar-refractivity contribution >= 4 is 0 Å². The van der Waals surface area contributed by atoms with E-state index in [4.69, 9.17) is 16.2 Å². The highest BCUT2D eigenvalue weighted by atomic mass is 16.6. The number of aliphatic hydroxyl groups is 1. The summed E-state index contributed by atoms with van der Waals surface area (Å²) in [6.45, 7) is 7.32. The van der Waals surface area contributed by atoms with Gasteiger partial charge in [-0.15, -0.1) is 0 Å². The van der Waals surface area contributed by atoms with Gasteiger partial charge >= 0.3 is 0 Å². The Kier molecular flexibility index (Phi) is 3.65. The van der Waals surface area contributed by atoms with Gasteiger partial charge in [-0.2, -0.15) is 0 Å². The zero-order chi connectivity index (χ0) is 9.99. The maximum absolute atomic E-state index is 9.35. The van der Waals surface area contributed by atoms with Gasteiger partial charge in [-0.3, -0.25) is 0 Å². The zero-order valence-electron chi connectivity index (χ0n) is 8.29. The topological polar surface area (TPSA) is 81.5 Å². The fourth-order valence-electron chi connectivity index (χ4n) is 0.508. The highest BCUT2D eigenvalue weighted by molar-refractivity contribution is 4.77. The number of ether oxygens (including phenoxy) is 1. The predicted octanol–water partition coefficient (Wildman–Crippen LogP) is -0.204. The van der Waals surface area contributed by atoms with Crippen molar-refractivity contribution < 1.29 is 9.84 Å². The summed E-state index contributed by atoms with van der Waals surface area (Å²) in [4.78, 5) is 0. The molecule has 4 nitrogen and oxygen atoms in total. The van der Waals surface area contributed by atoms with Crippen LogP contribution in [0.15, 0.2) is 0 Å². The minimum atomic E-state index is -0.972. The summed E-state index contributed by atoms with van der Waals surface area (Å²) in [5.41, 5.74) is 10.1. The van der Waals surface area contributed by atoms with Crippen molar-refractivity contribution in [3.8, 4) is 0 Å². The summed E-state index contributed by atoms with van der Waals surface area (Å²) in [5, 5.41) is 9.35. The van der Waals surface area contributed by atoms with Gasteiger partial charge in [0.2, 0.25) is 0 Å². The molecule has 74 valence electrons. The molecule has 0 aromatic heterocycles.